The molecule has 2 aliphatic rings. The maximum absolute atomic E-state index is 5.65. The van der Waals surface area contributed by atoms with Crippen molar-refractivity contribution in [1.29, 1.82) is 0 Å². The molecule has 1 fully saturated rings. The van der Waals surface area contributed by atoms with Crippen LogP contribution in [0.15, 0.2) is 29.5 Å². The second kappa shape index (κ2) is 10.0. The molecule has 0 amide bonds. The number of aryl methyl sites for hydroxylation is 1. The average Bonchev–Trinajstić information content (AvgIpc) is 3.46. The molecule has 4 rings (SSSR count). The molecule has 0 bridgehead atoms. The number of hydrogen-bond donors (Lipinski definition) is 2. The molecule has 0 unspecified atom stereocenters. The van der Waals surface area contributed by atoms with Gasteiger partial charge in [0.15, 0.2) is 17.5 Å². The van der Waals surface area contributed by atoms with Gasteiger partial charge in [0.05, 0.1) is 6.54 Å². The van der Waals surface area contributed by atoms with E-state index in [0.717, 1.165) is 68.7 Å². The summed E-state index contributed by atoms with van der Waals surface area (Å²) >= 11 is 0. The van der Waals surface area contributed by atoms with Gasteiger partial charge in [-0.15, -0.1) is 10.2 Å². The van der Waals surface area contributed by atoms with Crippen LogP contribution in [0.25, 0.3) is 0 Å². The highest BCUT2D eigenvalue weighted by Crippen LogP contribution is 2.43. The summed E-state index contributed by atoms with van der Waals surface area (Å²) in [6, 6.07) is 6.42. The molecule has 168 valence electrons. The summed E-state index contributed by atoms with van der Waals surface area (Å²) in [4.78, 5) is 5.02. The largest absolute Gasteiger partial charge is 0.454 e. The molecule has 0 atom stereocenters. The highest BCUT2D eigenvalue weighted by atomic mass is 16.7. The summed E-state index contributed by atoms with van der Waals surface area (Å²) < 4.78 is 13.3. The van der Waals surface area contributed by atoms with E-state index in [1.807, 2.05) is 6.07 Å². The van der Waals surface area contributed by atoms with Crippen molar-refractivity contribution in [3.63, 3.8) is 0 Å². The number of benzene rings is 1. The summed E-state index contributed by atoms with van der Waals surface area (Å²) in [5, 5.41) is 15.0. The van der Waals surface area contributed by atoms with Gasteiger partial charge in [-0.05, 0) is 37.5 Å². The number of hydrogen-bond acceptors (Lipinski definition) is 5. The maximum atomic E-state index is 5.65. The smallest absolute Gasteiger partial charge is 0.231 e. The van der Waals surface area contributed by atoms with Crippen molar-refractivity contribution < 1.29 is 9.47 Å². The zero-order valence-electron chi connectivity index (χ0n) is 18.7. The molecule has 31 heavy (non-hydrogen) atoms. The Morgan fingerprint density at radius 3 is 2.77 bits per heavy atom. The molecule has 1 saturated carbocycles. The first-order chi connectivity index (χ1) is 15.2. The van der Waals surface area contributed by atoms with E-state index >= 15 is 0 Å². The van der Waals surface area contributed by atoms with Crippen LogP contribution in [-0.4, -0.2) is 47.2 Å². The molecule has 2 aromatic rings. The number of fused-ring (bicyclic) bond motifs is 1. The fourth-order valence-electron chi connectivity index (χ4n) is 4.60. The van der Waals surface area contributed by atoms with E-state index in [0.29, 0.717) is 6.79 Å². The summed E-state index contributed by atoms with van der Waals surface area (Å²) in [7, 11) is 0. The number of aliphatic imine (C=N–C) groups is 1. The Morgan fingerprint density at radius 2 is 1.97 bits per heavy atom. The molecular weight excluding hydrogens is 392 g/mol. The Morgan fingerprint density at radius 1 is 1.13 bits per heavy atom. The van der Waals surface area contributed by atoms with Crippen LogP contribution in [0.4, 0.5) is 0 Å². The van der Waals surface area contributed by atoms with Crippen LogP contribution in [0.5, 0.6) is 11.5 Å². The number of nitrogens with zero attached hydrogens (tertiary/aromatic N) is 4. The summed E-state index contributed by atoms with van der Waals surface area (Å²) in [6.45, 7) is 7.68. The molecule has 8 nitrogen and oxygen atoms in total. The minimum atomic E-state index is 0.0469. The van der Waals surface area contributed by atoms with Gasteiger partial charge in [0.1, 0.15) is 12.2 Å². The summed E-state index contributed by atoms with van der Waals surface area (Å²) in [5.74, 6) is 3.57. The van der Waals surface area contributed by atoms with Crippen molar-refractivity contribution in [2.45, 2.75) is 64.3 Å². The normalized spacial score (nSPS) is 17.5. The van der Waals surface area contributed by atoms with Crippen LogP contribution >= 0.6 is 0 Å². The number of nitrogens with one attached hydrogen (secondary N) is 2. The van der Waals surface area contributed by atoms with Crippen molar-refractivity contribution in [3.8, 4) is 11.5 Å². The van der Waals surface area contributed by atoms with Crippen molar-refractivity contribution >= 4 is 5.96 Å². The molecule has 8 heteroatoms. The maximum Gasteiger partial charge on any atom is 0.231 e. The minimum absolute atomic E-state index is 0.0469. The van der Waals surface area contributed by atoms with Gasteiger partial charge in [-0.3, -0.25) is 4.99 Å². The van der Waals surface area contributed by atoms with Crippen molar-refractivity contribution in [2.24, 2.45) is 4.99 Å². The number of aromatic nitrogens is 3. The second-order valence-electron chi connectivity index (χ2n) is 8.33. The fourth-order valence-corrected chi connectivity index (χ4v) is 4.60. The van der Waals surface area contributed by atoms with E-state index < -0.39 is 0 Å². The van der Waals surface area contributed by atoms with Crippen LogP contribution in [-0.2, 0) is 18.4 Å². The Kier molecular flexibility index (Phi) is 6.94. The van der Waals surface area contributed by atoms with Gasteiger partial charge in [0.2, 0.25) is 6.79 Å². The Bertz CT molecular complexity index is 888. The first-order valence-corrected chi connectivity index (χ1v) is 11.5. The van der Waals surface area contributed by atoms with Gasteiger partial charge in [0, 0.05) is 31.5 Å². The lowest BCUT2D eigenvalue weighted by molar-refractivity contribution is 0.174. The van der Waals surface area contributed by atoms with E-state index in [9.17, 15) is 0 Å². The molecule has 0 saturated heterocycles. The highest BCUT2D eigenvalue weighted by molar-refractivity contribution is 5.79. The molecule has 0 radical (unpaired) electrons. The predicted octanol–water partition coefficient (Wildman–Crippen LogP) is 3.03. The van der Waals surface area contributed by atoms with Crippen LogP contribution < -0.4 is 20.1 Å². The lowest BCUT2D eigenvalue weighted by atomic mass is 9.69. The number of guanidine groups is 1. The molecule has 1 aromatic heterocycles. The third-order valence-corrected chi connectivity index (χ3v) is 6.34. The minimum Gasteiger partial charge on any atom is -0.454 e. The van der Waals surface area contributed by atoms with Crippen molar-refractivity contribution in [1.82, 2.24) is 25.4 Å². The van der Waals surface area contributed by atoms with E-state index in [2.05, 4.69) is 51.4 Å². The van der Waals surface area contributed by atoms with Gasteiger partial charge in [-0.2, -0.15) is 0 Å². The van der Waals surface area contributed by atoms with Crippen molar-refractivity contribution in [2.75, 3.05) is 26.4 Å². The van der Waals surface area contributed by atoms with Crippen LogP contribution in [0.2, 0.25) is 0 Å². The van der Waals surface area contributed by atoms with Gasteiger partial charge in [-0.25, -0.2) is 0 Å². The average molecular weight is 427 g/mol. The molecule has 1 aromatic carbocycles. The fraction of sp³-hybridized carbons (Fsp3) is 0.609. The quantitative estimate of drug-likeness (QED) is 0.499. The Labute approximate surface area is 184 Å². The van der Waals surface area contributed by atoms with E-state index in [1.54, 1.807) is 6.33 Å². The molecule has 0 spiro atoms. The lowest BCUT2D eigenvalue weighted by Gasteiger charge is -2.37. The third-order valence-electron chi connectivity index (χ3n) is 6.34. The van der Waals surface area contributed by atoms with Crippen molar-refractivity contribution in [3.05, 3.63) is 35.9 Å². The zero-order valence-corrected chi connectivity index (χ0v) is 18.7. The number of ether oxygens (including phenoxy) is 2. The second-order valence-corrected chi connectivity index (χ2v) is 8.33. The predicted molar refractivity (Wildman–Crippen MR) is 121 cm³/mol. The van der Waals surface area contributed by atoms with Crippen LogP contribution in [0, 0.1) is 0 Å². The number of rotatable bonds is 8. The van der Waals surface area contributed by atoms with Gasteiger partial charge >= 0.3 is 0 Å². The standard InChI is InChI=1S/C23H34N6O2/c1-3-21-28-27-16-29(21)13-12-25-22(24-4-2)26-15-23(10-6-5-7-11-23)18-8-9-19-20(14-18)31-17-30-19/h8-9,14,16H,3-7,10-13,15,17H2,1-2H3,(H2,24,25,26). The SMILES string of the molecule is CCNC(=NCC1(c2ccc3c(c2)OCO3)CCCCC1)NCCn1cnnc1CC. The molecule has 2 N–H and O–H groups in total. The Hall–Kier alpha value is -2.77. The first-order valence-electron chi connectivity index (χ1n) is 11.5. The zero-order chi connectivity index (χ0) is 21.5. The molecule has 1 aliphatic carbocycles. The molecular formula is C23H34N6O2. The van der Waals surface area contributed by atoms with E-state index in [-0.39, 0.29) is 5.41 Å². The van der Waals surface area contributed by atoms with E-state index in [1.165, 1.54) is 24.8 Å². The topological polar surface area (TPSA) is 85.6 Å². The first kappa shape index (κ1) is 21.5. The van der Waals surface area contributed by atoms with Crippen LogP contribution in [0.1, 0.15) is 57.3 Å². The van der Waals surface area contributed by atoms with Crippen LogP contribution in [0.3, 0.4) is 0 Å². The van der Waals surface area contributed by atoms with Gasteiger partial charge < -0.3 is 24.7 Å². The molecule has 2 heterocycles. The van der Waals surface area contributed by atoms with Gasteiger partial charge in [-0.1, -0.05) is 32.3 Å². The molecule has 1 aliphatic heterocycles. The lowest BCUT2D eigenvalue weighted by Crippen LogP contribution is -2.41. The summed E-state index contributed by atoms with van der Waals surface area (Å²) in [5.41, 5.74) is 1.36. The third kappa shape index (κ3) is 4.94. The van der Waals surface area contributed by atoms with Gasteiger partial charge in [0.25, 0.3) is 0 Å². The highest BCUT2D eigenvalue weighted by Gasteiger charge is 2.35. The Balaban J connectivity index is 1.46. The summed E-state index contributed by atoms with van der Waals surface area (Å²) in [6.07, 6.45) is 8.75. The monoisotopic (exact) mass is 426 g/mol. The van der Waals surface area contributed by atoms with E-state index in [4.69, 9.17) is 14.5 Å².